The van der Waals surface area contributed by atoms with Crippen LogP contribution < -0.4 is 10.6 Å². The van der Waals surface area contributed by atoms with Crippen molar-refractivity contribution in [2.45, 2.75) is 6.92 Å². The zero-order chi connectivity index (χ0) is 17.1. The van der Waals surface area contributed by atoms with Crippen LogP contribution in [-0.2, 0) is 0 Å². The normalized spacial score (nSPS) is 10.6. The lowest BCUT2D eigenvalue weighted by molar-refractivity contribution is 0.0962. The molecule has 1 aromatic heterocycles. The smallest absolute Gasteiger partial charge is 0.293 e. The standard InChI is InChI=1S/C19H17ClN2O2/c1-2-22(14-6-4-3-5-7-14)19(23)18-11-10-17(24-18)15-12-13(21)8-9-16(15)20/h3-12H,2,21H2,1H3. The number of carbonyl (C=O) groups is 1. The predicted molar refractivity (Wildman–Crippen MR) is 97.4 cm³/mol. The number of hydrogen-bond acceptors (Lipinski definition) is 3. The highest BCUT2D eigenvalue weighted by Crippen LogP contribution is 2.31. The number of carbonyl (C=O) groups excluding carboxylic acids is 1. The number of para-hydroxylation sites is 1. The first-order valence-electron chi connectivity index (χ1n) is 7.62. The lowest BCUT2D eigenvalue weighted by atomic mass is 10.1. The van der Waals surface area contributed by atoms with Crippen LogP contribution in [0.2, 0.25) is 5.02 Å². The Kier molecular flexibility index (Phi) is 4.58. The van der Waals surface area contributed by atoms with Gasteiger partial charge in [0.2, 0.25) is 0 Å². The Hall–Kier alpha value is -2.72. The average Bonchev–Trinajstić information content (AvgIpc) is 3.08. The van der Waals surface area contributed by atoms with Gasteiger partial charge in [0.1, 0.15) is 5.76 Å². The molecule has 2 aromatic carbocycles. The summed E-state index contributed by atoms with van der Waals surface area (Å²) in [5, 5.41) is 0.521. The van der Waals surface area contributed by atoms with Crippen molar-refractivity contribution >= 4 is 28.9 Å². The topological polar surface area (TPSA) is 59.5 Å². The molecule has 24 heavy (non-hydrogen) atoms. The number of rotatable bonds is 4. The second-order valence-corrected chi connectivity index (χ2v) is 5.70. The van der Waals surface area contributed by atoms with Gasteiger partial charge in [0.15, 0.2) is 5.76 Å². The van der Waals surface area contributed by atoms with E-state index < -0.39 is 0 Å². The summed E-state index contributed by atoms with van der Waals surface area (Å²) < 4.78 is 5.74. The number of hydrogen-bond donors (Lipinski definition) is 1. The number of anilines is 2. The monoisotopic (exact) mass is 340 g/mol. The van der Waals surface area contributed by atoms with E-state index in [0.29, 0.717) is 28.6 Å². The molecule has 0 unspecified atom stereocenters. The van der Waals surface area contributed by atoms with Crippen molar-refractivity contribution in [2.24, 2.45) is 0 Å². The Balaban J connectivity index is 1.92. The molecule has 0 bridgehead atoms. The summed E-state index contributed by atoms with van der Waals surface area (Å²) in [6.07, 6.45) is 0. The minimum atomic E-state index is -0.199. The number of nitrogens with zero attached hydrogens (tertiary/aromatic N) is 1. The average molecular weight is 341 g/mol. The van der Waals surface area contributed by atoms with Crippen molar-refractivity contribution < 1.29 is 9.21 Å². The molecule has 122 valence electrons. The summed E-state index contributed by atoms with van der Waals surface area (Å²) >= 11 is 6.19. The fourth-order valence-corrected chi connectivity index (χ4v) is 2.72. The van der Waals surface area contributed by atoms with Crippen LogP contribution in [0.5, 0.6) is 0 Å². The third-order valence-corrected chi connectivity index (χ3v) is 4.03. The van der Waals surface area contributed by atoms with Crippen LogP contribution >= 0.6 is 11.6 Å². The van der Waals surface area contributed by atoms with Gasteiger partial charge in [0.25, 0.3) is 5.91 Å². The predicted octanol–water partition coefficient (Wildman–Crippen LogP) is 4.85. The van der Waals surface area contributed by atoms with Crippen LogP contribution in [0, 0.1) is 0 Å². The second-order valence-electron chi connectivity index (χ2n) is 5.29. The molecule has 0 saturated heterocycles. The van der Waals surface area contributed by atoms with E-state index in [-0.39, 0.29) is 11.7 Å². The molecular weight excluding hydrogens is 324 g/mol. The van der Waals surface area contributed by atoms with E-state index in [9.17, 15) is 4.79 Å². The highest BCUT2D eigenvalue weighted by atomic mass is 35.5. The van der Waals surface area contributed by atoms with Gasteiger partial charge in [-0.1, -0.05) is 29.8 Å². The fraction of sp³-hybridized carbons (Fsp3) is 0.105. The van der Waals surface area contributed by atoms with E-state index in [2.05, 4.69) is 0 Å². The third-order valence-electron chi connectivity index (χ3n) is 3.70. The maximum absolute atomic E-state index is 12.7. The van der Waals surface area contributed by atoms with Crippen molar-refractivity contribution in [1.82, 2.24) is 0 Å². The quantitative estimate of drug-likeness (QED) is 0.691. The minimum absolute atomic E-state index is 0.199. The van der Waals surface area contributed by atoms with Crippen molar-refractivity contribution in [1.29, 1.82) is 0 Å². The summed E-state index contributed by atoms with van der Waals surface area (Å²) in [6, 6.07) is 18.0. The first-order valence-corrected chi connectivity index (χ1v) is 8.00. The molecule has 0 aliphatic rings. The van der Waals surface area contributed by atoms with E-state index in [1.165, 1.54) is 0 Å². The largest absolute Gasteiger partial charge is 0.451 e. The van der Waals surface area contributed by atoms with Crippen LogP contribution in [-0.4, -0.2) is 12.5 Å². The molecule has 0 atom stereocenters. The molecule has 0 spiro atoms. The molecular formula is C19H17ClN2O2. The number of nitrogens with two attached hydrogens (primary N) is 1. The number of nitrogen functional groups attached to an aromatic ring is 1. The van der Waals surface area contributed by atoms with Gasteiger partial charge in [0.05, 0.1) is 5.02 Å². The van der Waals surface area contributed by atoms with Crippen LogP contribution in [0.4, 0.5) is 11.4 Å². The zero-order valence-electron chi connectivity index (χ0n) is 13.2. The Morgan fingerprint density at radius 1 is 1.12 bits per heavy atom. The Morgan fingerprint density at radius 2 is 1.88 bits per heavy atom. The van der Waals surface area contributed by atoms with Gasteiger partial charge in [-0.05, 0) is 49.4 Å². The van der Waals surface area contributed by atoms with Crippen LogP contribution in [0.3, 0.4) is 0 Å². The molecule has 5 heteroatoms. The first-order chi connectivity index (χ1) is 11.6. The summed E-state index contributed by atoms with van der Waals surface area (Å²) in [4.78, 5) is 14.4. The molecule has 4 nitrogen and oxygen atoms in total. The van der Waals surface area contributed by atoms with E-state index in [1.54, 1.807) is 35.2 Å². The number of furan rings is 1. The van der Waals surface area contributed by atoms with Gasteiger partial charge in [-0.2, -0.15) is 0 Å². The molecule has 2 N–H and O–H groups in total. The van der Waals surface area contributed by atoms with Crippen LogP contribution in [0.1, 0.15) is 17.5 Å². The summed E-state index contributed by atoms with van der Waals surface area (Å²) in [6.45, 7) is 2.46. The number of benzene rings is 2. The molecule has 3 aromatic rings. The summed E-state index contributed by atoms with van der Waals surface area (Å²) in [5.41, 5.74) is 7.87. The molecule has 0 radical (unpaired) electrons. The van der Waals surface area contributed by atoms with Gasteiger partial charge >= 0.3 is 0 Å². The molecule has 1 heterocycles. The van der Waals surface area contributed by atoms with Gasteiger partial charge in [-0.15, -0.1) is 0 Å². The SMILES string of the molecule is CCN(C(=O)c1ccc(-c2cc(N)ccc2Cl)o1)c1ccccc1. The lowest BCUT2D eigenvalue weighted by Crippen LogP contribution is -2.30. The van der Waals surface area contributed by atoms with Gasteiger partial charge in [-0.25, -0.2) is 0 Å². The minimum Gasteiger partial charge on any atom is -0.451 e. The van der Waals surface area contributed by atoms with Crippen molar-refractivity contribution in [2.75, 3.05) is 17.2 Å². The third kappa shape index (κ3) is 3.14. The van der Waals surface area contributed by atoms with E-state index in [4.69, 9.17) is 21.8 Å². The molecule has 1 amide bonds. The maximum atomic E-state index is 12.7. The van der Waals surface area contributed by atoms with E-state index >= 15 is 0 Å². The van der Waals surface area contributed by atoms with Crippen LogP contribution in [0.15, 0.2) is 65.1 Å². The highest BCUT2D eigenvalue weighted by Gasteiger charge is 2.20. The van der Waals surface area contributed by atoms with E-state index in [1.807, 2.05) is 37.3 Å². The second kappa shape index (κ2) is 6.81. The lowest BCUT2D eigenvalue weighted by Gasteiger charge is -2.19. The molecule has 0 fully saturated rings. The van der Waals surface area contributed by atoms with Gasteiger partial charge in [-0.3, -0.25) is 4.79 Å². The Labute approximate surface area is 145 Å². The highest BCUT2D eigenvalue weighted by molar-refractivity contribution is 6.33. The molecule has 0 aliphatic carbocycles. The van der Waals surface area contributed by atoms with Crippen molar-refractivity contribution in [3.8, 4) is 11.3 Å². The summed E-state index contributed by atoms with van der Waals surface area (Å²) in [7, 11) is 0. The van der Waals surface area contributed by atoms with Crippen molar-refractivity contribution in [3.05, 3.63) is 71.4 Å². The van der Waals surface area contributed by atoms with Crippen molar-refractivity contribution in [3.63, 3.8) is 0 Å². The van der Waals surface area contributed by atoms with Crippen LogP contribution in [0.25, 0.3) is 11.3 Å². The molecule has 0 saturated carbocycles. The Bertz CT molecular complexity index is 859. The fourth-order valence-electron chi connectivity index (χ4n) is 2.51. The molecule has 0 aliphatic heterocycles. The van der Waals surface area contributed by atoms with E-state index in [0.717, 1.165) is 5.69 Å². The Morgan fingerprint density at radius 3 is 2.58 bits per heavy atom. The summed E-state index contributed by atoms with van der Waals surface area (Å²) in [5.74, 6) is 0.573. The van der Waals surface area contributed by atoms with Gasteiger partial charge in [0, 0.05) is 23.5 Å². The number of halogens is 1. The number of amides is 1. The van der Waals surface area contributed by atoms with Gasteiger partial charge < -0.3 is 15.1 Å². The molecule has 3 rings (SSSR count). The zero-order valence-corrected chi connectivity index (χ0v) is 14.0. The maximum Gasteiger partial charge on any atom is 0.293 e. The first kappa shape index (κ1) is 16.1.